The van der Waals surface area contributed by atoms with E-state index in [4.69, 9.17) is 0 Å². The van der Waals surface area contributed by atoms with Gasteiger partial charge in [-0.1, -0.05) is 0 Å². The first kappa shape index (κ1) is 7.02. The van der Waals surface area contributed by atoms with Crippen LogP contribution in [-0.4, -0.2) is 40.8 Å². The van der Waals surface area contributed by atoms with Crippen LogP contribution in [0, 0.1) is 0 Å². The Morgan fingerprint density at radius 3 is 3.50 bits per heavy atom. The van der Waals surface area contributed by atoms with Gasteiger partial charge in [0.2, 0.25) is 0 Å². The van der Waals surface area contributed by atoms with E-state index in [1.165, 1.54) is 5.70 Å². The predicted molar refractivity (Wildman–Crippen MR) is 46.9 cm³/mol. The number of nitrogens with zero attached hydrogens (tertiary/aromatic N) is 3. The third kappa shape index (κ3) is 0.861. The van der Waals surface area contributed by atoms with Crippen LogP contribution < -0.4 is 10.1 Å². The standard InChI is InChI=1S/C6H11N5S/c1-2-9-6(3-7-1)4-10-8-12-5-11(9)10/h4,7-8H,1-3,5H2. The zero-order chi connectivity index (χ0) is 7.97. The molecule has 0 atom stereocenters. The highest BCUT2D eigenvalue weighted by Crippen LogP contribution is 2.27. The molecule has 0 saturated carbocycles. The van der Waals surface area contributed by atoms with E-state index in [-0.39, 0.29) is 0 Å². The van der Waals surface area contributed by atoms with Gasteiger partial charge in [-0.3, -0.25) is 5.01 Å². The van der Waals surface area contributed by atoms with E-state index in [1.807, 2.05) is 5.12 Å². The molecule has 0 radical (unpaired) electrons. The molecule has 3 aliphatic rings. The maximum atomic E-state index is 3.35. The molecule has 0 unspecified atom stereocenters. The molecule has 2 fully saturated rings. The summed E-state index contributed by atoms with van der Waals surface area (Å²) in [5.41, 5.74) is 1.36. The van der Waals surface area contributed by atoms with Gasteiger partial charge in [0.1, 0.15) is 5.88 Å². The molecule has 0 amide bonds. The second-order valence-corrected chi connectivity index (χ2v) is 3.73. The fraction of sp³-hybridized carbons (Fsp3) is 0.667. The Morgan fingerprint density at radius 1 is 1.50 bits per heavy atom. The molecule has 0 aliphatic carbocycles. The van der Waals surface area contributed by atoms with Crippen molar-refractivity contribution in [1.82, 2.24) is 25.4 Å². The molecular weight excluding hydrogens is 174 g/mol. The highest BCUT2D eigenvalue weighted by atomic mass is 32.2. The van der Waals surface area contributed by atoms with Crippen LogP contribution in [0.3, 0.4) is 0 Å². The van der Waals surface area contributed by atoms with Gasteiger partial charge in [0.25, 0.3) is 0 Å². The number of hydrazine groups is 3. The van der Waals surface area contributed by atoms with E-state index in [0.717, 1.165) is 25.5 Å². The lowest BCUT2D eigenvalue weighted by atomic mass is 10.3. The smallest absolute Gasteiger partial charge is 0.102 e. The van der Waals surface area contributed by atoms with Gasteiger partial charge >= 0.3 is 0 Å². The lowest BCUT2D eigenvalue weighted by molar-refractivity contribution is -0.0989. The monoisotopic (exact) mass is 185 g/mol. The Kier molecular flexibility index (Phi) is 1.48. The second-order valence-electron chi connectivity index (χ2n) is 3.00. The fourth-order valence-electron chi connectivity index (χ4n) is 1.69. The van der Waals surface area contributed by atoms with Crippen molar-refractivity contribution >= 4 is 11.9 Å². The summed E-state index contributed by atoms with van der Waals surface area (Å²) < 4.78 is 0. The number of piperazine rings is 1. The maximum Gasteiger partial charge on any atom is 0.102 e. The number of hydrogen-bond acceptors (Lipinski definition) is 6. The zero-order valence-corrected chi connectivity index (χ0v) is 7.47. The van der Waals surface area contributed by atoms with Crippen molar-refractivity contribution in [2.75, 3.05) is 25.5 Å². The van der Waals surface area contributed by atoms with Crippen molar-refractivity contribution in [3.8, 4) is 0 Å². The predicted octanol–water partition coefficient (Wildman–Crippen LogP) is -0.696. The van der Waals surface area contributed by atoms with Crippen LogP contribution in [0.25, 0.3) is 0 Å². The van der Waals surface area contributed by atoms with Gasteiger partial charge in [-0.15, -0.1) is 5.12 Å². The number of nitrogens with one attached hydrogen (secondary N) is 2. The summed E-state index contributed by atoms with van der Waals surface area (Å²) in [5, 5.41) is 9.94. The molecule has 3 rings (SSSR count). The molecule has 2 N–H and O–H groups in total. The van der Waals surface area contributed by atoms with Crippen molar-refractivity contribution < 1.29 is 0 Å². The summed E-state index contributed by atoms with van der Waals surface area (Å²) in [6, 6.07) is 0. The Bertz CT molecular complexity index is 230. The topological polar surface area (TPSA) is 33.8 Å². The third-order valence-electron chi connectivity index (χ3n) is 2.27. The molecule has 2 saturated heterocycles. The zero-order valence-electron chi connectivity index (χ0n) is 6.66. The van der Waals surface area contributed by atoms with Crippen LogP contribution in [0.4, 0.5) is 0 Å². The molecule has 12 heavy (non-hydrogen) atoms. The van der Waals surface area contributed by atoms with E-state index >= 15 is 0 Å². The lowest BCUT2D eigenvalue weighted by Gasteiger charge is -2.33. The van der Waals surface area contributed by atoms with Crippen molar-refractivity contribution in [2.24, 2.45) is 0 Å². The summed E-state index contributed by atoms with van der Waals surface area (Å²) in [6.07, 6.45) is 2.14. The second kappa shape index (κ2) is 2.53. The van der Waals surface area contributed by atoms with Crippen molar-refractivity contribution in [3.63, 3.8) is 0 Å². The molecule has 0 spiro atoms. The van der Waals surface area contributed by atoms with Gasteiger partial charge in [0.15, 0.2) is 0 Å². The molecule has 0 aromatic carbocycles. The normalized spacial score (nSPS) is 28.8. The van der Waals surface area contributed by atoms with Gasteiger partial charge in [-0.2, -0.15) is 4.83 Å². The van der Waals surface area contributed by atoms with Crippen LogP contribution in [0.5, 0.6) is 0 Å². The molecule has 0 aromatic heterocycles. The minimum atomic E-state index is 0.985. The first-order valence-corrected chi connectivity index (χ1v) is 5.07. The molecule has 5 nitrogen and oxygen atoms in total. The van der Waals surface area contributed by atoms with Crippen LogP contribution in [0.1, 0.15) is 0 Å². The average molecular weight is 185 g/mol. The van der Waals surface area contributed by atoms with Gasteiger partial charge in [0, 0.05) is 19.6 Å². The minimum absolute atomic E-state index is 0.985. The fourth-order valence-corrected chi connectivity index (χ4v) is 2.41. The molecule has 6 heteroatoms. The van der Waals surface area contributed by atoms with Crippen molar-refractivity contribution in [3.05, 3.63) is 11.9 Å². The van der Waals surface area contributed by atoms with Gasteiger partial charge < -0.3 is 5.32 Å². The third-order valence-corrected chi connectivity index (χ3v) is 2.95. The first-order valence-electron chi connectivity index (χ1n) is 4.08. The van der Waals surface area contributed by atoms with E-state index in [9.17, 15) is 0 Å². The van der Waals surface area contributed by atoms with Crippen LogP contribution in [0.15, 0.2) is 11.9 Å². The summed E-state index contributed by atoms with van der Waals surface area (Å²) in [4.78, 5) is 3.20. The first-order chi connectivity index (χ1) is 5.95. The summed E-state index contributed by atoms with van der Waals surface area (Å²) in [6.45, 7) is 3.14. The van der Waals surface area contributed by atoms with E-state index in [1.54, 1.807) is 11.9 Å². The molecule has 0 aromatic rings. The Hall–Kier alpha value is -0.430. The van der Waals surface area contributed by atoms with E-state index < -0.39 is 0 Å². The Labute approximate surface area is 75.4 Å². The summed E-state index contributed by atoms with van der Waals surface area (Å²) in [5.74, 6) is 1.00. The molecule has 3 aliphatic heterocycles. The lowest BCUT2D eigenvalue weighted by Crippen LogP contribution is -2.49. The Morgan fingerprint density at radius 2 is 2.50 bits per heavy atom. The highest BCUT2D eigenvalue weighted by molar-refractivity contribution is 7.97. The van der Waals surface area contributed by atoms with Gasteiger partial charge in [-0.05, 0) is 11.9 Å². The SMILES string of the molecule is C1=C2CNCCN2N2CSNN12. The molecule has 3 heterocycles. The number of fused-ring (bicyclic) bond motifs is 3. The number of hydrogen-bond donors (Lipinski definition) is 2. The summed E-state index contributed by atoms with van der Waals surface area (Å²) in [7, 11) is 0. The van der Waals surface area contributed by atoms with Crippen LogP contribution in [0.2, 0.25) is 0 Å². The molecule has 66 valence electrons. The van der Waals surface area contributed by atoms with Crippen molar-refractivity contribution in [1.29, 1.82) is 0 Å². The number of rotatable bonds is 0. The minimum Gasteiger partial charge on any atom is -0.309 e. The van der Waals surface area contributed by atoms with E-state index in [2.05, 4.69) is 26.5 Å². The quantitative estimate of drug-likeness (QED) is 0.486. The van der Waals surface area contributed by atoms with E-state index in [0.29, 0.717) is 0 Å². The van der Waals surface area contributed by atoms with Crippen LogP contribution >= 0.6 is 11.9 Å². The van der Waals surface area contributed by atoms with Crippen LogP contribution in [-0.2, 0) is 0 Å². The summed E-state index contributed by atoms with van der Waals surface area (Å²) >= 11 is 1.72. The molecular formula is C6H11N5S. The maximum absolute atomic E-state index is 3.35. The van der Waals surface area contributed by atoms with Crippen molar-refractivity contribution in [2.45, 2.75) is 0 Å². The average Bonchev–Trinajstić information content (AvgIpc) is 2.62. The highest BCUT2D eigenvalue weighted by Gasteiger charge is 2.34. The largest absolute Gasteiger partial charge is 0.309 e. The molecule has 0 bridgehead atoms. The van der Waals surface area contributed by atoms with Gasteiger partial charge in [0.05, 0.1) is 11.9 Å². The Balaban J connectivity index is 1.87. The van der Waals surface area contributed by atoms with Gasteiger partial charge in [-0.25, -0.2) is 5.12 Å².